The van der Waals surface area contributed by atoms with Crippen LogP contribution in [0.2, 0.25) is 0 Å². The Hall–Kier alpha value is -4.24. The van der Waals surface area contributed by atoms with Gasteiger partial charge in [-0.15, -0.1) is 5.10 Å². The van der Waals surface area contributed by atoms with Crippen LogP contribution in [0.3, 0.4) is 0 Å². The van der Waals surface area contributed by atoms with Gasteiger partial charge in [-0.3, -0.25) is 9.69 Å². The monoisotopic (exact) mass is 484 g/mol. The SMILES string of the molecule is CCc1ccc2[nH]c(=O)c(CN(Cc3ccc(OC)cc3)Cc3nnnn3Cc3ccco3)cc2c1. The average molecular weight is 485 g/mol. The second kappa shape index (κ2) is 10.6. The van der Waals surface area contributed by atoms with Gasteiger partial charge in [-0.25, -0.2) is 4.68 Å². The van der Waals surface area contributed by atoms with Crippen LogP contribution >= 0.6 is 0 Å². The molecule has 0 aliphatic carbocycles. The molecule has 0 unspecified atom stereocenters. The lowest BCUT2D eigenvalue weighted by atomic mass is 10.1. The number of aryl methyl sites for hydroxylation is 1. The molecule has 0 fully saturated rings. The molecule has 0 aliphatic rings. The number of furan rings is 1. The molecule has 0 spiro atoms. The molecule has 3 heterocycles. The Balaban J connectivity index is 1.45. The number of nitrogens with zero attached hydrogens (tertiary/aromatic N) is 5. The molecule has 9 nitrogen and oxygen atoms in total. The minimum Gasteiger partial charge on any atom is -0.497 e. The first kappa shape index (κ1) is 23.5. The summed E-state index contributed by atoms with van der Waals surface area (Å²) in [4.78, 5) is 18.2. The van der Waals surface area contributed by atoms with E-state index in [1.165, 1.54) is 5.56 Å². The maximum absolute atomic E-state index is 13.0. The third-order valence-corrected chi connectivity index (χ3v) is 6.21. The third kappa shape index (κ3) is 5.36. The summed E-state index contributed by atoms with van der Waals surface area (Å²) in [7, 11) is 1.65. The van der Waals surface area contributed by atoms with E-state index in [0.717, 1.165) is 34.4 Å². The lowest BCUT2D eigenvalue weighted by Crippen LogP contribution is -2.28. The van der Waals surface area contributed by atoms with Crippen LogP contribution in [-0.2, 0) is 32.6 Å². The molecule has 0 bridgehead atoms. The fourth-order valence-corrected chi connectivity index (χ4v) is 4.25. The van der Waals surface area contributed by atoms with Crippen molar-refractivity contribution in [1.82, 2.24) is 30.1 Å². The standard InChI is InChI=1S/C27H28N6O3/c1-3-19-8-11-25-21(13-19)14-22(27(34)28-25)16-32(15-20-6-9-23(35-2)10-7-20)18-26-29-30-31-33(26)17-24-5-4-12-36-24/h4-14H,3,15-18H2,1-2H3,(H,28,34). The second-order valence-corrected chi connectivity index (χ2v) is 8.72. The van der Waals surface area contributed by atoms with E-state index in [1.807, 2.05) is 54.6 Å². The fraction of sp³-hybridized carbons (Fsp3) is 0.259. The molecule has 36 heavy (non-hydrogen) atoms. The zero-order valence-electron chi connectivity index (χ0n) is 20.3. The molecule has 9 heteroatoms. The smallest absolute Gasteiger partial charge is 0.252 e. The van der Waals surface area contributed by atoms with Gasteiger partial charge in [0.05, 0.1) is 19.9 Å². The summed E-state index contributed by atoms with van der Waals surface area (Å²) in [6.07, 6.45) is 2.57. The van der Waals surface area contributed by atoms with Crippen molar-refractivity contribution < 1.29 is 9.15 Å². The van der Waals surface area contributed by atoms with Crippen molar-refractivity contribution in [2.45, 2.75) is 39.5 Å². The average Bonchev–Trinajstić information content (AvgIpc) is 3.57. The maximum atomic E-state index is 13.0. The number of benzene rings is 2. The van der Waals surface area contributed by atoms with Gasteiger partial charge in [0, 0.05) is 24.2 Å². The number of rotatable bonds is 10. The van der Waals surface area contributed by atoms with E-state index in [-0.39, 0.29) is 5.56 Å². The van der Waals surface area contributed by atoms with Crippen molar-refractivity contribution in [3.8, 4) is 5.75 Å². The van der Waals surface area contributed by atoms with Gasteiger partial charge in [-0.05, 0) is 75.8 Å². The molecule has 1 N–H and O–H groups in total. The van der Waals surface area contributed by atoms with Gasteiger partial charge in [0.15, 0.2) is 5.82 Å². The predicted octanol–water partition coefficient (Wildman–Crippen LogP) is 3.93. The number of hydrogen-bond acceptors (Lipinski definition) is 7. The molecule has 3 aromatic heterocycles. The summed E-state index contributed by atoms with van der Waals surface area (Å²) in [5.41, 5.74) is 3.75. The number of pyridine rings is 1. The lowest BCUT2D eigenvalue weighted by molar-refractivity contribution is 0.235. The largest absolute Gasteiger partial charge is 0.497 e. The molecule has 0 saturated heterocycles. The summed E-state index contributed by atoms with van der Waals surface area (Å²) in [5, 5.41) is 13.3. The second-order valence-electron chi connectivity index (χ2n) is 8.72. The van der Waals surface area contributed by atoms with E-state index in [1.54, 1.807) is 18.1 Å². The van der Waals surface area contributed by atoms with Gasteiger partial charge in [0.1, 0.15) is 18.1 Å². The van der Waals surface area contributed by atoms with Crippen LogP contribution in [0.15, 0.2) is 76.1 Å². The maximum Gasteiger partial charge on any atom is 0.252 e. The van der Waals surface area contributed by atoms with Crippen molar-refractivity contribution in [3.63, 3.8) is 0 Å². The number of aromatic amines is 1. The molecule has 0 amide bonds. The van der Waals surface area contributed by atoms with Gasteiger partial charge in [-0.2, -0.15) is 0 Å². The van der Waals surface area contributed by atoms with Gasteiger partial charge in [0.25, 0.3) is 5.56 Å². The lowest BCUT2D eigenvalue weighted by Gasteiger charge is -2.22. The molecule has 0 saturated carbocycles. The van der Waals surface area contributed by atoms with Crippen LogP contribution in [-0.4, -0.2) is 37.2 Å². The number of fused-ring (bicyclic) bond motifs is 1. The first-order valence-electron chi connectivity index (χ1n) is 11.9. The molecular formula is C27H28N6O3. The molecule has 2 aromatic carbocycles. The van der Waals surface area contributed by atoms with Crippen LogP contribution in [0.4, 0.5) is 0 Å². The quantitative estimate of drug-likeness (QED) is 0.320. The van der Waals surface area contributed by atoms with Crippen LogP contribution in [0, 0.1) is 0 Å². The van der Waals surface area contributed by atoms with Gasteiger partial charge < -0.3 is 14.1 Å². The highest BCUT2D eigenvalue weighted by Crippen LogP contribution is 2.19. The summed E-state index contributed by atoms with van der Waals surface area (Å²) >= 11 is 0. The minimum atomic E-state index is -0.0957. The highest BCUT2D eigenvalue weighted by atomic mass is 16.5. The first-order valence-corrected chi connectivity index (χ1v) is 11.9. The van der Waals surface area contributed by atoms with Crippen LogP contribution < -0.4 is 10.3 Å². The Morgan fingerprint density at radius 2 is 1.86 bits per heavy atom. The van der Waals surface area contributed by atoms with E-state index in [0.29, 0.717) is 37.6 Å². The van der Waals surface area contributed by atoms with Crippen LogP contribution in [0.1, 0.15) is 35.2 Å². The molecule has 0 atom stereocenters. The van der Waals surface area contributed by atoms with E-state index < -0.39 is 0 Å². The Morgan fingerprint density at radius 1 is 1.03 bits per heavy atom. The number of methoxy groups -OCH3 is 1. The number of H-pyrrole nitrogens is 1. The molecule has 5 aromatic rings. The van der Waals surface area contributed by atoms with Gasteiger partial charge in [-0.1, -0.05) is 25.1 Å². The Labute approximate surface area is 208 Å². The number of ether oxygens (including phenoxy) is 1. The Morgan fingerprint density at radius 3 is 2.61 bits per heavy atom. The van der Waals surface area contributed by atoms with E-state index in [9.17, 15) is 4.79 Å². The minimum absolute atomic E-state index is 0.0957. The normalized spacial score (nSPS) is 11.4. The molecule has 0 aliphatic heterocycles. The third-order valence-electron chi connectivity index (χ3n) is 6.21. The van der Waals surface area contributed by atoms with Gasteiger partial charge >= 0.3 is 0 Å². The molecule has 0 radical (unpaired) electrons. The Bertz CT molecular complexity index is 1490. The molecular weight excluding hydrogens is 456 g/mol. The summed E-state index contributed by atoms with van der Waals surface area (Å²) in [6.45, 7) is 4.04. The van der Waals surface area contributed by atoms with Crippen LogP contribution in [0.25, 0.3) is 10.9 Å². The topological polar surface area (TPSA) is 102 Å². The van der Waals surface area contributed by atoms with E-state index in [2.05, 4.69) is 38.4 Å². The predicted molar refractivity (Wildman–Crippen MR) is 136 cm³/mol. The number of nitrogens with one attached hydrogen (secondary N) is 1. The molecule has 5 rings (SSSR count). The summed E-state index contributed by atoms with van der Waals surface area (Å²) < 4.78 is 12.5. The van der Waals surface area contributed by atoms with Gasteiger partial charge in [0.2, 0.25) is 0 Å². The van der Waals surface area contributed by atoms with Crippen molar-refractivity contribution in [3.05, 3.63) is 106 Å². The fourth-order valence-electron chi connectivity index (χ4n) is 4.25. The van der Waals surface area contributed by atoms with E-state index in [4.69, 9.17) is 9.15 Å². The summed E-state index contributed by atoms with van der Waals surface area (Å²) in [5.74, 6) is 2.25. The van der Waals surface area contributed by atoms with Crippen molar-refractivity contribution >= 4 is 10.9 Å². The Kier molecular flexibility index (Phi) is 6.90. The van der Waals surface area contributed by atoms with E-state index >= 15 is 0 Å². The van der Waals surface area contributed by atoms with Crippen LogP contribution in [0.5, 0.6) is 5.75 Å². The van der Waals surface area contributed by atoms with Crippen molar-refractivity contribution in [2.24, 2.45) is 0 Å². The zero-order valence-corrected chi connectivity index (χ0v) is 20.3. The van der Waals surface area contributed by atoms with Crippen molar-refractivity contribution in [2.75, 3.05) is 7.11 Å². The zero-order chi connectivity index (χ0) is 24.9. The summed E-state index contributed by atoms with van der Waals surface area (Å²) in [6, 6.07) is 19.8. The molecule has 184 valence electrons. The van der Waals surface area contributed by atoms with Crippen molar-refractivity contribution in [1.29, 1.82) is 0 Å². The number of hydrogen-bond donors (Lipinski definition) is 1. The number of aromatic nitrogens is 5. The number of tetrazole rings is 1. The highest BCUT2D eigenvalue weighted by Gasteiger charge is 2.17. The highest BCUT2D eigenvalue weighted by molar-refractivity contribution is 5.79. The first-order chi connectivity index (χ1) is 17.6.